The highest BCUT2D eigenvalue weighted by molar-refractivity contribution is 5.82. The second kappa shape index (κ2) is 6.15. The molecule has 0 bridgehead atoms. The smallest absolute Gasteiger partial charge is 0.0708 e. The summed E-state index contributed by atoms with van der Waals surface area (Å²) in [6.07, 6.45) is 4.02. The van der Waals surface area contributed by atoms with Gasteiger partial charge in [-0.1, -0.05) is 38.5 Å². The minimum Gasteiger partial charge on any atom is -0.310 e. The van der Waals surface area contributed by atoms with E-state index < -0.39 is 0 Å². The zero-order valence-electron chi connectivity index (χ0n) is 13.4. The van der Waals surface area contributed by atoms with Gasteiger partial charge in [0.1, 0.15) is 0 Å². The number of aryl methyl sites for hydroxylation is 1. The Morgan fingerprint density at radius 3 is 2.81 bits per heavy atom. The highest BCUT2D eigenvalue weighted by Crippen LogP contribution is 2.34. The summed E-state index contributed by atoms with van der Waals surface area (Å²) in [7, 11) is 0. The highest BCUT2D eigenvalue weighted by Gasteiger charge is 2.30. The average molecular weight is 282 g/mol. The SMILES string of the molecule is CCC1CCC(NCc2cc(C)nc3ccccc23)C1C. The molecule has 1 N–H and O–H groups in total. The lowest BCUT2D eigenvalue weighted by atomic mass is 9.93. The molecule has 21 heavy (non-hydrogen) atoms. The minimum atomic E-state index is 0.669. The zero-order valence-corrected chi connectivity index (χ0v) is 13.4. The molecule has 3 atom stereocenters. The van der Waals surface area contributed by atoms with Gasteiger partial charge in [-0.2, -0.15) is 0 Å². The van der Waals surface area contributed by atoms with Crippen molar-refractivity contribution < 1.29 is 0 Å². The van der Waals surface area contributed by atoms with Gasteiger partial charge in [-0.3, -0.25) is 4.98 Å². The number of benzene rings is 1. The molecule has 0 amide bonds. The van der Waals surface area contributed by atoms with Crippen molar-refractivity contribution in [3.05, 3.63) is 41.6 Å². The van der Waals surface area contributed by atoms with Crippen LogP contribution in [0.25, 0.3) is 10.9 Å². The molecule has 1 aromatic carbocycles. The average Bonchev–Trinajstić information content (AvgIpc) is 2.85. The Kier molecular flexibility index (Phi) is 4.25. The Hall–Kier alpha value is -1.41. The van der Waals surface area contributed by atoms with Crippen molar-refractivity contribution in [3.63, 3.8) is 0 Å². The third-order valence-corrected chi connectivity index (χ3v) is 5.24. The maximum Gasteiger partial charge on any atom is 0.0708 e. The van der Waals surface area contributed by atoms with E-state index in [2.05, 4.69) is 61.4 Å². The summed E-state index contributed by atoms with van der Waals surface area (Å²) in [4.78, 5) is 4.63. The van der Waals surface area contributed by atoms with Gasteiger partial charge in [0.15, 0.2) is 0 Å². The summed E-state index contributed by atoms with van der Waals surface area (Å²) in [6, 6.07) is 11.4. The number of nitrogens with zero attached hydrogens (tertiary/aromatic N) is 1. The number of rotatable bonds is 4. The molecule has 0 saturated heterocycles. The van der Waals surface area contributed by atoms with Crippen molar-refractivity contribution in [1.82, 2.24) is 10.3 Å². The molecule has 2 aromatic rings. The molecule has 1 saturated carbocycles. The molecule has 3 rings (SSSR count). The Morgan fingerprint density at radius 2 is 2.05 bits per heavy atom. The van der Waals surface area contributed by atoms with Crippen LogP contribution in [-0.2, 0) is 6.54 Å². The van der Waals surface area contributed by atoms with Gasteiger partial charge in [-0.25, -0.2) is 0 Å². The lowest BCUT2D eigenvalue weighted by Crippen LogP contribution is -2.32. The monoisotopic (exact) mass is 282 g/mol. The maximum absolute atomic E-state index is 4.63. The van der Waals surface area contributed by atoms with E-state index in [4.69, 9.17) is 0 Å². The van der Waals surface area contributed by atoms with Crippen molar-refractivity contribution in [3.8, 4) is 0 Å². The first kappa shape index (κ1) is 14.5. The summed E-state index contributed by atoms with van der Waals surface area (Å²) in [5, 5.41) is 5.09. The van der Waals surface area contributed by atoms with Crippen molar-refractivity contribution >= 4 is 10.9 Å². The largest absolute Gasteiger partial charge is 0.310 e. The molecule has 1 aliphatic carbocycles. The third kappa shape index (κ3) is 2.96. The van der Waals surface area contributed by atoms with Crippen molar-refractivity contribution in [1.29, 1.82) is 0 Å². The number of para-hydroxylation sites is 1. The van der Waals surface area contributed by atoms with Crippen LogP contribution in [0.2, 0.25) is 0 Å². The van der Waals surface area contributed by atoms with E-state index in [-0.39, 0.29) is 0 Å². The van der Waals surface area contributed by atoms with E-state index in [1.807, 2.05) is 0 Å². The van der Waals surface area contributed by atoms with Crippen LogP contribution in [0, 0.1) is 18.8 Å². The van der Waals surface area contributed by atoms with E-state index >= 15 is 0 Å². The fraction of sp³-hybridized carbons (Fsp3) is 0.526. The van der Waals surface area contributed by atoms with Crippen LogP contribution in [-0.4, -0.2) is 11.0 Å². The molecular formula is C19H26N2. The number of aromatic nitrogens is 1. The molecule has 1 aliphatic rings. The van der Waals surface area contributed by atoms with Gasteiger partial charge in [0, 0.05) is 23.7 Å². The molecule has 0 aliphatic heterocycles. The molecule has 0 radical (unpaired) electrons. The first-order valence-electron chi connectivity index (χ1n) is 8.27. The van der Waals surface area contributed by atoms with Crippen LogP contribution in [0.5, 0.6) is 0 Å². The van der Waals surface area contributed by atoms with Crippen molar-refractivity contribution in [2.75, 3.05) is 0 Å². The lowest BCUT2D eigenvalue weighted by molar-refractivity contribution is 0.344. The topological polar surface area (TPSA) is 24.9 Å². The number of hydrogen-bond acceptors (Lipinski definition) is 2. The number of hydrogen-bond donors (Lipinski definition) is 1. The molecule has 1 fully saturated rings. The Balaban J connectivity index is 1.77. The highest BCUT2D eigenvalue weighted by atomic mass is 14.9. The van der Waals surface area contributed by atoms with Crippen molar-refractivity contribution in [2.24, 2.45) is 11.8 Å². The molecule has 0 spiro atoms. The molecule has 2 heteroatoms. The maximum atomic E-state index is 4.63. The summed E-state index contributed by atoms with van der Waals surface area (Å²) in [5.74, 6) is 1.70. The predicted octanol–water partition coefficient (Wildman–Crippen LogP) is 4.46. The Bertz CT molecular complexity index is 620. The first-order valence-corrected chi connectivity index (χ1v) is 8.27. The second-order valence-electron chi connectivity index (χ2n) is 6.53. The fourth-order valence-corrected chi connectivity index (χ4v) is 3.89. The van der Waals surface area contributed by atoms with Gasteiger partial charge >= 0.3 is 0 Å². The van der Waals surface area contributed by atoms with Crippen LogP contribution in [0.3, 0.4) is 0 Å². The van der Waals surface area contributed by atoms with Crippen LogP contribution in [0.15, 0.2) is 30.3 Å². The molecular weight excluding hydrogens is 256 g/mol. The van der Waals surface area contributed by atoms with Gasteiger partial charge in [0.2, 0.25) is 0 Å². The summed E-state index contributed by atoms with van der Waals surface area (Å²) >= 11 is 0. The normalized spacial score (nSPS) is 25.6. The molecule has 112 valence electrons. The molecule has 1 aromatic heterocycles. The quantitative estimate of drug-likeness (QED) is 0.895. The summed E-state index contributed by atoms with van der Waals surface area (Å²) in [5.41, 5.74) is 3.60. The van der Waals surface area contributed by atoms with Crippen LogP contribution < -0.4 is 5.32 Å². The minimum absolute atomic E-state index is 0.669. The van der Waals surface area contributed by atoms with Gasteiger partial charge in [-0.05, 0) is 49.3 Å². The van der Waals surface area contributed by atoms with Gasteiger partial charge in [0.05, 0.1) is 5.52 Å². The summed E-state index contributed by atoms with van der Waals surface area (Å²) < 4.78 is 0. The molecule has 2 nitrogen and oxygen atoms in total. The first-order chi connectivity index (χ1) is 10.2. The molecule has 3 unspecified atom stereocenters. The van der Waals surface area contributed by atoms with Crippen LogP contribution in [0.1, 0.15) is 44.4 Å². The Labute approximate surface area is 128 Å². The van der Waals surface area contributed by atoms with E-state index in [1.165, 1.54) is 30.2 Å². The van der Waals surface area contributed by atoms with Gasteiger partial charge in [0.25, 0.3) is 0 Å². The lowest BCUT2D eigenvalue weighted by Gasteiger charge is -2.21. The fourth-order valence-electron chi connectivity index (χ4n) is 3.89. The number of fused-ring (bicyclic) bond motifs is 1. The third-order valence-electron chi connectivity index (χ3n) is 5.24. The zero-order chi connectivity index (χ0) is 14.8. The second-order valence-corrected chi connectivity index (χ2v) is 6.53. The van der Waals surface area contributed by atoms with E-state index in [0.717, 1.165) is 29.6 Å². The van der Waals surface area contributed by atoms with Gasteiger partial charge < -0.3 is 5.32 Å². The summed E-state index contributed by atoms with van der Waals surface area (Å²) in [6.45, 7) is 7.77. The number of nitrogens with one attached hydrogen (secondary N) is 1. The van der Waals surface area contributed by atoms with Gasteiger partial charge in [-0.15, -0.1) is 0 Å². The van der Waals surface area contributed by atoms with Crippen LogP contribution >= 0.6 is 0 Å². The predicted molar refractivity (Wildman–Crippen MR) is 89.3 cm³/mol. The van der Waals surface area contributed by atoms with E-state index in [1.54, 1.807) is 0 Å². The van der Waals surface area contributed by atoms with E-state index in [9.17, 15) is 0 Å². The Morgan fingerprint density at radius 1 is 1.24 bits per heavy atom. The van der Waals surface area contributed by atoms with Crippen LogP contribution in [0.4, 0.5) is 0 Å². The van der Waals surface area contributed by atoms with E-state index in [0.29, 0.717) is 6.04 Å². The number of pyridine rings is 1. The van der Waals surface area contributed by atoms with Crippen molar-refractivity contribution in [2.45, 2.75) is 52.6 Å². The molecule has 1 heterocycles. The standard InChI is InChI=1S/C19H26N2/c1-4-15-9-10-18(14(15)3)20-12-16-11-13(2)21-19-8-6-5-7-17(16)19/h5-8,11,14-15,18,20H,4,9-10,12H2,1-3H3.